The van der Waals surface area contributed by atoms with Gasteiger partial charge >= 0.3 is 0 Å². The highest BCUT2D eigenvalue weighted by Gasteiger charge is 2.05. The minimum atomic E-state index is -0.201. The van der Waals surface area contributed by atoms with Gasteiger partial charge in [0.15, 0.2) is 0 Å². The molecule has 0 aliphatic heterocycles. The van der Waals surface area contributed by atoms with Gasteiger partial charge in [-0.1, -0.05) is 24.3 Å². The molecule has 0 saturated heterocycles. The molecule has 0 aliphatic carbocycles. The molecule has 0 bridgehead atoms. The monoisotopic (exact) mass is 273 g/mol. The lowest BCUT2D eigenvalue weighted by atomic mass is 10.1. The first-order valence-electron chi connectivity index (χ1n) is 6.89. The maximum absolute atomic E-state index is 12.9. The van der Waals surface area contributed by atoms with Crippen molar-refractivity contribution in [1.29, 1.82) is 0 Å². The summed E-state index contributed by atoms with van der Waals surface area (Å²) in [4.78, 5) is 0. The summed E-state index contributed by atoms with van der Waals surface area (Å²) in [7, 11) is 0. The third kappa shape index (κ3) is 4.07. The van der Waals surface area contributed by atoms with Gasteiger partial charge in [0.2, 0.25) is 0 Å². The third-order valence-corrected chi connectivity index (χ3v) is 3.22. The molecule has 3 heteroatoms. The van der Waals surface area contributed by atoms with Crippen LogP contribution in [0.15, 0.2) is 48.5 Å². The smallest absolute Gasteiger partial charge is 0.123 e. The minimum Gasteiger partial charge on any atom is -0.494 e. The SMILES string of the molecule is CCOc1ccc(CN[C@H](C)c2ccc(F)cc2)cc1. The van der Waals surface area contributed by atoms with Crippen LogP contribution in [0.25, 0.3) is 0 Å². The molecule has 0 saturated carbocycles. The van der Waals surface area contributed by atoms with Crippen molar-refractivity contribution < 1.29 is 9.13 Å². The Kier molecular flexibility index (Phi) is 5.13. The number of hydrogen-bond acceptors (Lipinski definition) is 2. The molecule has 0 heterocycles. The number of nitrogens with one attached hydrogen (secondary N) is 1. The number of ether oxygens (including phenoxy) is 1. The molecule has 2 aromatic rings. The number of rotatable bonds is 6. The lowest BCUT2D eigenvalue weighted by molar-refractivity contribution is 0.340. The molecule has 0 radical (unpaired) electrons. The van der Waals surface area contributed by atoms with E-state index >= 15 is 0 Å². The molecular weight excluding hydrogens is 253 g/mol. The van der Waals surface area contributed by atoms with Crippen LogP contribution in [0.3, 0.4) is 0 Å². The molecule has 1 N–H and O–H groups in total. The van der Waals surface area contributed by atoms with Gasteiger partial charge in [-0.25, -0.2) is 4.39 Å². The first kappa shape index (κ1) is 14.5. The standard InChI is InChI=1S/C17H20FNO/c1-3-20-17-10-4-14(5-11-17)12-19-13(2)15-6-8-16(18)9-7-15/h4-11,13,19H,3,12H2,1-2H3/t13-/m1/s1. The van der Waals surface area contributed by atoms with Gasteiger partial charge in [0.1, 0.15) is 11.6 Å². The molecule has 2 rings (SSSR count). The van der Waals surface area contributed by atoms with Crippen LogP contribution in [0.4, 0.5) is 4.39 Å². The van der Waals surface area contributed by atoms with E-state index in [0.717, 1.165) is 17.9 Å². The van der Waals surface area contributed by atoms with Crippen molar-refractivity contribution in [1.82, 2.24) is 5.32 Å². The maximum Gasteiger partial charge on any atom is 0.123 e. The Hall–Kier alpha value is -1.87. The van der Waals surface area contributed by atoms with Gasteiger partial charge in [-0.15, -0.1) is 0 Å². The van der Waals surface area contributed by atoms with Crippen LogP contribution in [-0.2, 0) is 6.54 Å². The zero-order valence-corrected chi connectivity index (χ0v) is 11.9. The molecule has 0 aromatic heterocycles. The van der Waals surface area contributed by atoms with Crippen molar-refractivity contribution >= 4 is 0 Å². The van der Waals surface area contributed by atoms with E-state index in [2.05, 4.69) is 24.4 Å². The maximum atomic E-state index is 12.9. The van der Waals surface area contributed by atoms with Crippen molar-refractivity contribution in [3.05, 3.63) is 65.5 Å². The van der Waals surface area contributed by atoms with Crippen LogP contribution < -0.4 is 10.1 Å². The van der Waals surface area contributed by atoms with Crippen molar-refractivity contribution in [3.8, 4) is 5.75 Å². The number of hydrogen-bond donors (Lipinski definition) is 1. The Labute approximate surface area is 119 Å². The van der Waals surface area contributed by atoms with E-state index in [1.165, 1.54) is 17.7 Å². The second-order valence-corrected chi connectivity index (χ2v) is 4.73. The molecule has 1 atom stereocenters. The first-order valence-corrected chi connectivity index (χ1v) is 6.89. The summed E-state index contributed by atoms with van der Waals surface area (Å²) in [5.74, 6) is 0.690. The highest BCUT2D eigenvalue weighted by molar-refractivity contribution is 5.27. The molecule has 0 aliphatic rings. The zero-order valence-electron chi connectivity index (χ0n) is 11.9. The lowest BCUT2D eigenvalue weighted by Crippen LogP contribution is -2.18. The summed E-state index contributed by atoms with van der Waals surface area (Å²) in [6.07, 6.45) is 0. The van der Waals surface area contributed by atoms with E-state index in [0.29, 0.717) is 6.61 Å². The second-order valence-electron chi connectivity index (χ2n) is 4.73. The molecule has 106 valence electrons. The highest BCUT2D eigenvalue weighted by Crippen LogP contribution is 2.15. The van der Waals surface area contributed by atoms with Gasteiger partial charge < -0.3 is 10.1 Å². The van der Waals surface area contributed by atoms with E-state index < -0.39 is 0 Å². The largest absolute Gasteiger partial charge is 0.494 e. The van der Waals surface area contributed by atoms with Crippen LogP contribution in [0.1, 0.15) is 31.0 Å². The predicted molar refractivity (Wildman–Crippen MR) is 79.3 cm³/mol. The normalized spacial score (nSPS) is 12.2. The van der Waals surface area contributed by atoms with Crippen LogP contribution in [0, 0.1) is 5.82 Å². The van der Waals surface area contributed by atoms with Gasteiger partial charge in [-0.3, -0.25) is 0 Å². The van der Waals surface area contributed by atoms with Crippen LogP contribution >= 0.6 is 0 Å². The molecule has 20 heavy (non-hydrogen) atoms. The average Bonchev–Trinajstić information content (AvgIpc) is 2.47. The molecule has 2 aromatic carbocycles. The second kappa shape index (κ2) is 7.06. The minimum absolute atomic E-state index is 0.183. The Balaban J connectivity index is 1.89. The molecule has 0 amide bonds. The molecule has 0 spiro atoms. The Morgan fingerprint density at radius 1 is 1.05 bits per heavy atom. The Morgan fingerprint density at radius 3 is 2.30 bits per heavy atom. The third-order valence-electron chi connectivity index (χ3n) is 3.22. The summed E-state index contributed by atoms with van der Waals surface area (Å²) >= 11 is 0. The molecular formula is C17H20FNO. The molecule has 0 unspecified atom stereocenters. The molecule has 2 nitrogen and oxygen atoms in total. The predicted octanol–water partition coefficient (Wildman–Crippen LogP) is 4.08. The van der Waals surface area contributed by atoms with Crippen molar-refractivity contribution in [2.24, 2.45) is 0 Å². The van der Waals surface area contributed by atoms with Crippen LogP contribution in [0.5, 0.6) is 5.75 Å². The number of benzene rings is 2. The van der Waals surface area contributed by atoms with Crippen LogP contribution in [-0.4, -0.2) is 6.61 Å². The quantitative estimate of drug-likeness (QED) is 0.856. The van der Waals surface area contributed by atoms with Gasteiger partial charge in [0.05, 0.1) is 6.61 Å². The fraction of sp³-hybridized carbons (Fsp3) is 0.294. The van der Waals surface area contributed by atoms with Gasteiger partial charge in [-0.2, -0.15) is 0 Å². The Morgan fingerprint density at radius 2 is 1.70 bits per heavy atom. The summed E-state index contributed by atoms with van der Waals surface area (Å²) < 4.78 is 18.3. The van der Waals surface area contributed by atoms with Gasteiger partial charge in [-0.05, 0) is 49.2 Å². The number of halogens is 1. The van der Waals surface area contributed by atoms with Crippen molar-refractivity contribution in [2.45, 2.75) is 26.4 Å². The van der Waals surface area contributed by atoms with Crippen LogP contribution in [0.2, 0.25) is 0 Å². The van der Waals surface area contributed by atoms with E-state index in [1.54, 1.807) is 0 Å². The van der Waals surface area contributed by atoms with E-state index in [9.17, 15) is 4.39 Å². The summed E-state index contributed by atoms with van der Waals surface area (Å²) in [6, 6.07) is 14.8. The van der Waals surface area contributed by atoms with E-state index in [4.69, 9.17) is 4.74 Å². The lowest BCUT2D eigenvalue weighted by Gasteiger charge is -2.14. The van der Waals surface area contributed by atoms with Crippen molar-refractivity contribution in [2.75, 3.05) is 6.61 Å². The Bertz CT molecular complexity index is 522. The van der Waals surface area contributed by atoms with E-state index in [1.807, 2.05) is 31.2 Å². The van der Waals surface area contributed by atoms with Gasteiger partial charge in [0.25, 0.3) is 0 Å². The summed E-state index contributed by atoms with van der Waals surface area (Å²) in [5, 5.41) is 3.42. The van der Waals surface area contributed by atoms with E-state index in [-0.39, 0.29) is 11.9 Å². The van der Waals surface area contributed by atoms with Gasteiger partial charge in [0, 0.05) is 12.6 Å². The summed E-state index contributed by atoms with van der Waals surface area (Å²) in [5.41, 5.74) is 2.28. The summed E-state index contributed by atoms with van der Waals surface area (Å²) in [6.45, 7) is 5.49. The average molecular weight is 273 g/mol. The fourth-order valence-electron chi connectivity index (χ4n) is 2.01. The fourth-order valence-corrected chi connectivity index (χ4v) is 2.01. The highest BCUT2D eigenvalue weighted by atomic mass is 19.1. The molecule has 0 fully saturated rings. The first-order chi connectivity index (χ1) is 9.69. The topological polar surface area (TPSA) is 21.3 Å². The zero-order chi connectivity index (χ0) is 14.4. The van der Waals surface area contributed by atoms with Crippen molar-refractivity contribution in [3.63, 3.8) is 0 Å².